The van der Waals surface area contributed by atoms with Gasteiger partial charge in [-0.25, -0.2) is 0 Å². The van der Waals surface area contributed by atoms with Crippen LogP contribution in [0.2, 0.25) is 0 Å². The molecular weight excluding hydrogens is 242 g/mol. The minimum Gasteiger partial charge on any atom is -0.388 e. The minimum atomic E-state index is -0.341. The maximum atomic E-state index is 10.8. The van der Waals surface area contributed by atoms with E-state index in [1.807, 2.05) is 7.05 Å². The van der Waals surface area contributed by atoms with Crippen molar-refractivity contribution in [1.82, 2.24) is 4.90 Å². The van der Waals surface area contributed by atoms with Gasteiger partial charge in [0.05, 0.1) is 4.92 Å². The van der Waals surface area contributed by atoms with Gasteiger partial charge >= 0.3 is 0 Å². The highest BCUT2D eigenvalue weighted by Crippen LogP contribution is 2.38. The predicted molar refractivity (Wildman–Crippen MR) is 76.2 cm³/mol. The van der Waals surface area contributed by atoms with Crippen molar-refractivity contribution in [2.75, 3.05) is 26.0 Å². The van der Waals surface area contributed by atoms with Crippen LogP contribution in [0.3, 0.4) is 0 Å². The predicted octanol–water partition coefficient (Wildman–Crippen LogP) is 2.72. The average Bonchev–Trinajstić information content (AvgIpc) is 3.04. The highest BCUT2D eigenvalue weighted by Gasteiger charge is 2.33. The van der Waals surface area contributed by atoms with E-state index in [-0.39, 0.29) is 10.6 Å². The molecule has 0 radical (unpaired) electrons. The van der Waals surface area contributed by atoms with E-state index < -0.39 is 0 Å². The maximum absolute atomic E-state index is 10.8. The topological polar surface area (TPSA) is 58.4 Å². The smallest absolute Gasteiger partial charge is 0.269 e. The Labute approximate surface area is 113 Å². The Morgan fingerprint density at radius 2 is 2.21 bits per heavy atom. The van der Waals surface area contributed by atoms with E-state index in [1.165, 1.54) is 12.5 Å². The van der Waals surface area contributed by atoms with Crippen molar-refractivity contribution >= 4 is 11.4 Å². The third kappa shape index (κ3) is 3.44. The summed E-state index contributed by atoms with van der Waals surface area (Å²) in [7, 11) is 3.91. The molecule has 2 unspecified atom stereocenters. The molecule has 1 saturated carbocycles. The lowest BCUT2D eigenvalue weighted by molar-refractivity contribution is -0.384. The van der Waals surface area contributed by atoms with Crippen LogP contribution < -0.4 is 5.32 Å². The standard InChI is InChI=1S/C14H21N3O2/c1-10-6-11(10)8-16(3)9-12-7-13(17(18)19)4-5-14(12)15-2/h4-5,7,10-11,15H,6,8-9H2,1-3H3. The Kier molecular flexibility index (Phi) is 4.04. The second-order valence-electron chi connectivity index (χ2n) is 5.52. The van der Waals surface area contributed by atoms with Crippen molar-refractivity contribution in [3.8, 4) is 0 Å². The second-order valence-corrected chi connectivity index (χ2v) is 5.52. The summed E-state index contributed by atoms with van der Waals surface area (Å²) in [5.74, 6) is 1.62. The Morgan fingerprint density at radius 3 is 2.74 bits per heavy atom. The number of anilines is 1. The summed E-state index contributed by atoms with van der Waals surface area (Å²) in [5, 5.41) is 13.9. The molecule has 0 amide bonds. The molecule has 1 fully saturated rings. The van der Waals surface area contributed by atoms with Gasteiger partial charge in [0.1, 0.15) is 0 Å². The van der Waals surface area contributed by atoms with Gasteiger partial charge in [-0.1, -0.05) is 6.92 Å². The summed E-state index contributed by atoms with van der Waals surface area (Å²) < 4.78 is 0. The zero-order chi connectivity index (χ0) is 14.0. The van der Waals surface area contributed by atoms with E-state index in [2.05, 4.69) is 24.2 Å². The minimum absolute atomic E-state index is 0.155. The van der Waals surface area contributed by atoms with Crippen LogP contribution in [0.1, 0.15) is 18.9 Å². The van der Waals surface area contributed by atoms with Crippen molar-refractivity contribution in [2.24, 2.45) is 11.8 Å². The Hall–Kier alpha value is -1.62. The van der Waals surface area contributed by atoms with Crippen LogP contribution in [0, 0.1) is 22.0 Å². The molecule has 0 aromatic heterocycles. The zero-order valence-corrected chi connectivity index (χ0v) is 11.7. The highest BCUT2D eigenvalue weighted by molar-refractivity contribution is 5.55. The van der Waals surface area contributed by atoms with Crippen LogP contribution in [0.25, 0.3) is 0 Å². The molecule has 104 valence electrons. The van der Waals surface area contributed by atoms with Crippen molar-refractivity contribution < 1.29 is 4.92 Å². The van der Waals surface area contributed by atoms with Crippen molar-refractivity contribution in [2.45, 2.75) is 19.9 Å². The molecule has 19 heavy (non-hydrogen) atoms. The van der Waals surface area contributed by atoms with Crippen LogP contribution in [-0.2, 0) is 6.54 Å². The molecule has 5 nitrogen and oxygen atoms in total. The van der Waals surface area contributed by atoms with Crippen molar-refractivity contribution in [3.63, 3.8) is 0 Å². The number of non-ortho nitro benzene ring substituents is 1. The fourth-order valence-corrected chi connectivity index (χ4v) is 2.48. The maximum Gasteiger partial charge on any atom is 0.269 e. The third-order valence-electron chi connectivity index (χ3n) is 3.83. The second kappa shape index (κ2) is 5.57. The molecule has 0 spiro atoms. The summed E-state index contributed by atoms with van der Waals surface area (Å²) >= 11 is 0. The number of hydrogen-bond acceptors (Lipinski definition) is 4. The van der Waals surface area contributed by atoms with E-state index in [0.717, 1.165) is 36.2 Å². The molecule has 1 aliphatic rings. The molecule has 1 aliphatic carbocycles. The lowest BCUT2D eigenvalue weighted by atomic mass is 10.1. The van der Waals surface area contributed by atoms with E-state index in [9.17, 15) is 10.1 Å². The number of rotatable bonds is 6. The van der Waals surface area contributed by atoms with E-state index in [0.29, 0.717) is 0 Å². The van der Waals surface area contributed by atoms with Crippen LogP contribution >= 0.6 is 0 Å². The third-order valence-corrected chi connectivity index (χ3v) is 3.83. The van der Waals surface area contributed by atoms with Crippen LogP contribution in [-0.4, -0.2) is 30.5 Å². The van der Waals surface area contributed by atoms with Gasteiger partial charge in [-0.15, -0.1) is 0 Å². The Morgan fingerprint density at radius 1 is 1.53 bits per heavy atom. The van der Waals surface area contributed by atoms with Crippen LogP contribution in [0.5, 0.6) is 0 Å². The molecule has 5 heteroatoms. The molecule has 1 aromatic carbocycles. The van der Waals surface area contributed by atoms with Crippen LogP contribution in [0.15, 0.2) is 18.2 Å². The van der Waals surface area contributed by atoms with Crippen molar-refractivity contribution in [1.29, 1.82) is 0 Å². The van der Waals surface area contributed by atoms with Gasteiger partial charge in [0, 0.05) is 38.0 Å². The molecule has 0 saturated heterocycles. The number of nitro groups is 1. The molecule has 1 aromatic rings. The zero-order valence-electron chi connectivity index (χ0n) is 11.7. The number of hydrogen-bond donors (Lipinski definition) is 1. The first-order valence-electron chi connectivity index (χ1n) is 6.65. The summed E-state index contributed by atoms with van der Waals surface area (Å²) in [4.78, 5) is 12.7. The Bertz CT molecular complexity index is 476. The first-order valence-corrected chi connectivity index (χ1v) is 6.65. The normalized spacial score (nSPS) is 21.5. The van der Waals surface area contributed by atoms with Gasteiger partial charge < -0.3 is 10.2 Å². The summed E-state index contributed by atoms with van der Waals surface area (Å²) in [6.07, 6.45) is 1.30. The van der Waals surface area contributed by atoms with Crippen molar-refractivity contribution in [3.05, 3.63) is 33.9 Å². The molecule has 0 aliphatic heterocycles. The number of nitrogens with one attached hydrogen (secondary N) is 1. The molecule has 0 bridgehead atoms. The van der Waals surface area contributed by atoms with E-state index in [4.69, 9.17) is 0 Å². The molecule has 1 N–H and O–H groups in total. The SMILES string of the molecule is CNc1ccc([N+](=O)[O-])cc1CN(C)CC1CC1C. The van der Waals surface area contributed by atoms with Gasteiger partial charge in [0.15, 0.2) is 0 Å². The lowest BCUT2D eigenvalue weighted by Crippen LogP contribution is -2.21. The fourth-order valence-electron chi connectivity index (χ4n) is 2.48. The average molecular weight is 263 g/mol. The number of nitro benzene ring substituents is 1. The first-order chi connectivity index (χ1) is 9.01. The van der Waals surface area contributed by atoms with E-state index >= 15 is 0 Å². The van der Waals surface area contributed by atoms with Crippen LogP contribution in [0.4, 0.5) is 11.4 Å². The molecular formula is C14H21N3O2. The molecule has 2 rings (SSSR count). The summed E-state index contributed by atoms with van der Waals surface area (Å²) in [5.41, 5.74) is 2.09. The molecule has 0 heterocycles. The van der Waals surface area contributed by atoms with Gasteiger partial charge in [-0.2, -0.15) is 0 Å². The van der Waals surface area contributed by atoms with Gasteiger partial charge in [-0.05, 0) is 36.9 Å². The number of nitrogens with zero attached hydrogens (tertiary/aromatic N) is 2. The molecule has 2 atom stereocenters. The van der Waals surface area contributed by atoms with Gasteiger partial charge in [-0.3, -0.25) is 10.1 Å². The summed E-state index contributed by atoms with van der Waals surface area (Å²) in [6.45, 7) is 4.07. The lowest BCUT2D eigenvalue weighted by Gasteiger charge is -2.18. The van der Waals surface area contributed by atoms with E-state index in [1.54, 1.807) is 12.1 Å². The quantitative estimate of drug-likeness (QED) is 0.633. The summed E-state index contributed by atoms with van der Waals surface area (Å²) in [6, 6.07) is 4.98. The number of benzene rings is 1. The fraction of sp³-hybridized carbons (Fsp3) is 0.571. The van der Waals surface area contributed by atoms with Gasteiger partial charge in [0.25, 0.3) is 5.69 Å². The monoisotopic (exact) mass is 263 g/mol. The van der Waals surface area contributed by atoms with Gasteiger partial charge in [0.2, 0.25) is 0 Å². The highest BCUT2D eigenvalue weighted by atomic mass is 16.6. The largest absolute Gasteiger partial charge is 0.388 e. The first kappa shape index (κ1) is 13.8. The Balaban J connectivity index is 2.08.